The van der Waals surface area contributed by atoms with E-state index in [-0.39, 0.29) is 39.0 Å². The van der Waals surface area contributed by atoms with Crippen LogP contribution in [-0.2, 0) is 51.6 Å². The molecule has 1 unspecified atom stereocenters. The van der Waals surface area contributed by atoms with Crippen molar-refractivity contribution >= 4 is 24.4 Å². The summed E-state index contributed by atoms with van der Waals surface area (Å²) < 4.78 is 0. The fourth-order valence-corrected chi connectivity index (χ4v) is 8.53. The molecular weight excluding hydrogens is 771 g/mol. The third-order valence-corrected chi connectivity index (χ3v) is 13.5. The minimum Gasteiger partial charge on any atom is -0.790 e. The van der Waals surface area contributed by atoms with E-state index in [9.17, 15) is 0 Å². The van der Waals surface area contributed by atoms with Crippen LogP contribution in [0.15, 0.2) is 22.6 Å². The van der Waals surface area contributed by atoms with E-state index in [2.05, 4.69) is 120 Å². The summed E-state index contributed by atoms with van der Waals surface area (Å²) >= 11 is 6.60. The van der Waals surface area contributed by atoms with Crippen molar-refractivity contribution in [2.75, 3.05) is 0 Å². The summed E-state index contributed by atoms with van der Waals surface area (Å²) in [4.78, 5) is 0. The van der Waals surface area contributed by atoms with Crippen molar-refractivity contribution in [1.82, 2.24) is 0 Å². The van der Waals surface area contributed by atoms with Crippen LogP contribution in [0.4, 0.5) is 0 Å². The van der Waals surface area contributed by atoms with Gasteiger partial charge in [0.15, 0.2) is 0 Å². The Morgan fingerprint density at radius 1 is 0.761 bits per heavy atom. The van der Waals surface area contributed by atoms with Crippen LogP contribution in [0.1, 0.15) is 155 Å². The van der Waals surface area contributed by atoms with Gasteiger partial charge in [0.05, 0.1) is 0 Å². The maximum Gasteiger partial charge on any atom is 2.00 e. The number of rotatable bonds is 6. The quantitative estimate of drug-likeness (QED) is 0.148. The van der Waals surface area contributed by atoms with E-state index in [0.717, 1.165) is 65.1 Å². The van der Waals surface area contributed by atoms with Gasteiger partial charge in [0.1, 0.15) is 0 Å². The van der Waals surface area contributed by atoms with Gasteiger partial charge in [-0.1, -0.05) is 135 Å². The predicted molar refractivity (Wildman–Crippen MR) is 207 cm³/mol. The first kappa shape index (κ1) is 49.4. The zero-order valence-corrected chi connectivity index (χ0v) is 37.8. The van der Waals surface area contributed by atoms with Gasteiger partial charge in [0.2, 0.25) is 0 Å². The number of allylic oxidation sites excluding steroid dienone is 3. The Labute approximate surface area is 326 Å². The molecule has 4 heteroatoms. The second-order valence-electron chi connectivity index (χ2n) is 16.1. The molecule has 0 N–H and O–H groups in total. The van der Waals surface area contributed by atoms with Gasteiger partial charge in [-0.25, -0.2) is 0 Å². The minimum atomic E-state index is 0. The average molecular weight is 848 g/mol. The molecule has 0 spiro atoms. The zero-order valence-electron chi connectivity index (χ0n) is 32.7. The summed E-state index contributed by atoms with van der Waals surface area (Å²) in [5.74, 6) is 10.2. The molecule has 1 atom stereocenters. The van der Waals surface area contributed by atoms with Gasteiger partial charge < -0.3 is 19.0 Å². The average Bonchev–Trinajstić information content (AvgIpc) is 3.27. The first-order valence-electron chi connectivity index (χ1n) is 19.0. The molecule has 0 saturated heterocycles. The first-order chi connectivity index (χ1) is 20.6. The van der Waals surface area contributed by atoms with Crippen molar-refractivity contribution in [3.8, 4) is 0 Å². The smallest absolute Gasteiger partial charge is 0.790 e. The molecule has 4 aliphatic rings. The maximum absolute atomic E-state index is 4.62. The standard InChI is InChI=1S/C19H30S.2C10H20.C3H8S.2Ru/c1-16(2)20-15-19(18-11-7-4-8-12-18)14-13-17-9-5-3-6-10-17;2*1-6-7(2)9(4)10(5)8(6)3;1-3(2)4;;/h9,11,14-17H,3-8,10,12-13H2,1-2H3;2*6-10H,1-5H3;3-4H,1-2H3;;/q-2;;;;+1;+2/p-1/b19-15-;;;;;. The van der Waals surface area contributed by atoms with Crippen molar-refractivity contribution in [2.24, 2.45) is 65.1 Å². The summed E-state index contributed by atoms with van der Waals surface area (Å²) in [6.45, 7) is 32.5. The van der Waals surface area contributed by atoms with E-state index >= 15 is 0 Å². The fraction of sp³-hybridized carbons (Fsp3) is 0.857. The third-order valence-electron chi connectivity index (χ3n) is 12.6. The van der Waals surface area contributed by atoms with E-state index in [1.165, 1.54) is 63.4 Å². The van der Waals surface area contributed by atoms with E-state index in [0.29, 0.717) is 10.5 Å². The van der Waals surface area contributed by atoms with Crippen molar-refractivity contribution in [3.05, 3.63) is 35.5 Å². The van der Waals surface area contributed by atoms with Gasteiger partial charge in [0.25, 0.3) is 0 Å². The van der Waals surface area contributed by atoms with Gasteiger partial charge in [-0.15, -0.1) is 17.9 Å². The molecule has 0 aromatic heterocycles. The van der Waals surface area contributed by atoms with Gasteiger partial charge in [-0.3, -0.25) is 0 Å². The molecular formula is C42H77Ru2S2. The molecule has 0 aromatic carbocycles. The molecule has 0 heterocycles. The van der Waals surface area contributed by atoms with Crippen LogP contribution >= 0.6 is 11.8 Å². The Morgan fingerprint density at radius 2 is 1.17 bits per heavy atom. The summed E-state index contributed by atoms with van der Waals surface area (Å²) in [6.07, 6.45) is 19.7. The molecule has 0 bridgehead atoms. The molecule has 273 valence electrons. The molecule has 0 aromatic rings. The van der Waals surface area contributed by atoms with Gasteiger partial charge in [-0.2, -0.15) is 46.9 Å². The second kappa shape index (κ2) is 26.1. The van der Waals surface area contributed by atoms with E-state index in [1.807, 2.05) is 25.6 Å². The Balaban J connectivity index is 0. The van der Waals surface area contributed by atoms with Crippen molar-refractivity contribution < 1.29 is 39.0 Å². The molecule has 4 rings (SSSR count). The SMILES string of the molecule is CC(C)S/C=C(/[CH-]CC1[CH-]CCCC1)C1=CCCCC1.CC(C)[S-].CC1C(C)C(C)C(C)C1C.CC1C(C)C(C)C(C)C1C.[Ru+2].[Ru+]. The van der Waals surface area contributed by atoms with Crippen LogP contribution in [0.3, 0.4) is 0 Å². The molecule has 4 aliphatic carbocycles. The summed E-state index contributed by atoms with van der Waals surface area (Å²) in [5, 5.41) is 3.52. The molecule has 0 amide bonds. The van der Waals surface area contributed by atoms with Crippen molar-refractivity contribution in [3.63, 3.8) is 0 Å². The van der Waals surface area contributed by atoms with Gasteiger partial charge >= 0.3 is 39.0 Å². The molecule has 0 aliphatic heterocycles. The van der Waals surface area contributed by atoms with Crippen LogP contribution < -0.4 is 0 Å². The normalized spacial score (nSPS) is 35.6. The molecule has 46 heavy (non-hydrogen) atoms. The van der Waals surface area contributed by atoms with E-state index in [4.69, 9.17) is 0 Å². The van der Waals surface area contributed by atoms with Crippen LogP contribution in [0.2, 0.25) is 0 Å². The zero-order chi connectivity index (χ0) is 33.6. The molecule has 3 fully saturated rings. The molecule has 0 nitrogen and oxygen atoms in total. The summed E-state index contributed by atoms with van der Waals surface area (Å²) in [6, 6.07) is 0. The predicted octanol–water partition coefficient (Wildman–Crippen LogP) is 13.8. The van der Waals surface area contributed by atoms with Gasteiger partial charge in [0, 0.05) is 0 Å². The van der Waals surface area contributed by atoms with E-state index in [1.54, 1.807) is 5.57 Å². The number of hydrogen-bond acceptors (Lipinski definition) is 2. The Morgan fingerprint density at radius 3 is 1.48 bits per heavy atom. The molecule has 1 radical (unpaired) electrons. The summed E-state index contributed by atoms with van der Waals surface area (Å²) in [7, 11) is 0. The number of thioether (sulfide) groups is 1. The monoisotopic (exact) mass is 849 g/mol. The maximum atomic E-state index is 4.62. The van der Waals surface area contributed by atoms with Crippen LogP contribution in [0.25, 0.3) is 0 Å². The second-order valence-corrected chi connectivity index (χ2v) is 18.5. The summed E-state index contributed by atoms with van der Waals surface area (Å²) in [5.41, 5.74) is 3.14. The van der Waals surface area contributed by atoms with Crippen molar-refractivity contribution in [2.45, 2.75) is 165 Å². The first-order valence-corrected chi connectivity index (χ1v) is 20.4. The fourth-order valence-electron chi connectivity index (χ4n) is 7.87. The minimum absolute atomic E-state index is 0. The Hall–Kier alpha value is 1.30. The molecule has 3 saturated carbocycles. The van der Waals surface area contributed by atoms with E-state index < -0.39 is 0 Å². The topological polar surface area (TPSA) is 0 Å². The third kappa shape index (κ3) is 17.5. The van der Waals surface area contributed by atoms with Crippen LogP contribution in [0.5, 0.6) is 0 Å². The Bertz CT molecular complexity index is 692. The van der Waals surface area contributed by atoms with Crippen LogP contribution in [-0.4, -0.2) is 10.5 Å². The number of hydrogen-bond donors (Lipinski definition) is 0. The van der Waals surface area contributed by atoms with Gasteiger partial charge in [-0.05, 0) is 70.8 Å². The van der Waals surface area contributed by atoms with Crippen molar-refractivity contribution in [1.29, 1.82) is 0 Å². The Kier molecular flexibility index (Phi) is 28.1. The largest absolute Gasteiger partial charge is 2.00 e. The van der Waals surface area contributed by atoms with Crippen LogP contribution in [0, 0.1) is 77.9 Å².